The van der Waals surface area contributed by atoms with Crippen LogP contribution in [0.25, 0.3) is 0 Å². The molecule has 0 atom stereocenters. The van der Waals surface area contributed by atoms with E-state index in [2.05, 4.69) is 5.32 Å². The van der Waals surface area contributed by atoms with Crippen LogP contribution in [0.2, 0.25) is 5.02 Å². The molecule has 1 amide bonds. The lowest BCUT2D eigenvalue weighted by Gasteiger charge is -2.30. The molecular formula is C22H18ClFN2O3S. The van der Waals surface area contributed by atoms with Crippen molar-refractivity contribution < 1.29 is 17.6 Å². The normalized spacial score (nSPS) is 13.6. The zero-order chi connectivity index (χ0) is 21.3. The Morgan fingerprint density at radius 3 is 2.53 bits per heavy atom. The highest BCUT2D eigenvalue weighted by Crippen LogP contribution is 2.33. The summed E-state index contributed by atoms with van der Waals surface area (Å²) in [6, 6.07) is 16.6. The van der Waals surface area contributed by atoms with Gasteiger partial charge in [0.2, 0.25) is 0 Å². The number of aryl methyl sites for hydroxylation is 1. The highest BCUT2D eigenvalue weighted by Gasteiger charge is 2.29. The first kappa shape index (κ1) is 20.4. The molecule has 0 aliphatic carbocycles. The van der Waals surface area contributed by atoms with E-state index in [0.717, 1.165) is 5.56 Å². The fourth-order valence-electron chi connectivity index (χ4n) is 3.46. The summed E-state index contributed by atoms with van der Waals surface area (Å²) in [5, 5.41) is 3.12. The molecule has 0 saturated heterocycles. The Hall–Kier alpha value is -2.90. The van der Waals surface area contributed by atoms with Gasteiger partial charge < -0.3 is 5.32 Å². The first-order chi connectivity index (χ1) is 14.3. The van der Waals surface area contributed by atoms with Gasteiger partial charge in [-0.2, -0.15) is 0 Å². The van der Waals surface area contributed by atoms with Crippen molar-refractivity contribution in [2.75, 3.05) is 16.2 Å². The van der Waals surface area contributed by atoms with E-state index in [4.69, 9.17) is 11.6 Å². The quantitative estimate of drug-likeness (QED) is 0.624. The van der Waals surface area contributed by atoms with Crippen LogP contribution in [-0.2, 0) is 16.4 Å². The molecule has 0 radical (unpaired) electrons. The van der Waals surface area contributed by atoms with Gasteiger partial charge in [0.05, 0.1) is 10.6 Å². The largest absolute Gasteiger partial charge is 0.322 e. The number of hydrogen-bond donors (Lipinski definition) is 1. The monoisotopic (exact) mass is 444 g/mol. The molecule has 0 unspecified atom stereocenters. The zero-order valence-corrected chi connectivity index (χ0v) is 17.4. The lowest BCUT2D eigenvalue weighted by molar-refractivity contribution is 0.102. The van der Waals surface area contributed by atoms with Crippen LogP contribution in [0.15, 0.2) is 71.6 Å². The number of carbonyl (C=O) groups excluding carboxylic acids is 1. The maximum absolute atomic E-state index is 13.3. The van der Waals surface area contributed by atoms with Crippen molar-refractivity contribution in [1.29, 1.82) is 0 Å². The number of carbonyl (C=O) groups is 1. The molecule has 0 spiro atoms. The minimum atomic E-state index is -3.75. The number of sulfonamides is 1. The summed E-state index contributed by atoms with van der Waals surface area (Å²) in [4.78, 5) is 12.7. The maximum atomic E-state index is 13.3. The van der Waals surface area contributed by atoms with Crippen LogP contribution in [0, 0.1) is 5.82 Å². The van der Waals surface area contributed by atoms with Gasteiger partial charge in [0.1, 0.15) is 5.82 Å². The number of fused-ring (bicyclic) bond motifs is 1. The molecule has 0 aromatic heterocycles. The molecule has 0 saturated carbocycles. The fraction of sp³-hybridized carbons (Fsp3) is 0.136. The Balaban J connectivity index is 1.62. The Morgan fingerprint density at radius 1 is 1.03 bits per heavy atom. The van der Waals surface area contributed by atoms with Crippen molar-refractivity contribution >= 4 is 38.9 Å². The summed E-state index contributed by atoms with van der Waals surface area (Å²) in [7, 11) is -3.75. The lowest BCUT2D eigenvalue weighted by Crippen LogP contribution is -2.35. The Kier molecular flexibility index (Phi) is 5.49. The fourth-order valence-corrected chi connectivity index (χ4v) is 5.12. The number of anilines is 2. The van der Waals surface area contributed by atoms with E-state index < -0.39 is 15.8 Å². The molecule has 3 aromatic rings. The van der Waals surface area contributed by atoms with Crippen molar-refractivity contribution in [3.63, 3.8) is 0 Å². The molecule has 0 fully saturated rings. The number of halogens is 2. The summed E-state index contributed by atoms with van der Waals surface area (Å²) in [5.41, 5.74) is 2.05. The van der Waals surface area contributed by atoms with Gasteiger partial charge in [-0.05, 0) is 79.1 Å². The average Bonchev–Trinajstić information content (AvgIpc) is 2.73. The Morgan fingerprint density at radius 2 is 1.80 bits per heavy atom. The SMILES string of the molecule is O=C(Nc1cccc(F)c1)c1ccc2c(c1)CCCN2S(=O)(=O)c1ccc(Cl)cc1. The first-order valence-corrected chi connectivity index (χ1v) is 11.1. The van der Waals surface area contributed by atoms with Crippen LogP contribution in [0.4, 0.5) is 15.8 Å². The van der Waals surface area contributed by atoms with Gasteiger partial charge in [-0.1, -0.05) is 17.7 Å². The first-order valence-electron chi connectivity index (χ1n) is 9.33. The van der Waals surface area contributed by atoms with E-state index in [9.17, 15) is 17.6 Å². The van der Waals surface area contributed by atoms with E-state index in [1.165, 1.54) is 34.6 Å². The molecule has 5 nitrogen and oxygen atoms in total. The second-order valence-corrected chi connectivity index (χ2v) is 9.24. The summed E-state index contributed by atoms with van der Waals surface area (Å²) < 4.78 is 40.9. The van der Waals surface area contributed by atoms with Crippen LogP contribution in [-0.4, -0.2) is 20.9 Å². The second kappa shape index (κ2) is 8.08. The van der Waals surface area contributed by atoms with Gasteiger partial charge in [0, 0.05) is 22.8 Å². The van der Waals surface area contributed by atoms with E-state index in [1.807, 2.05) is 0 Å². The van der Waals surface area contributed by atoms with Gasteiger partial charge in [-0.3, -0.25) is 9.10 Å². The molecule has 1 aliphatic heterocycles. The molecule has 154 valence electrons. The molecule has 4 rings (SSSR count). The number of rotatable bonds is 4. The topological polar surface area (TPSA) is 66.5 Å². The van der Waals surface area contributed by atoms with Gasteiger partial charge in [0.15, 0.2) is 0 Å². The third-order valence-electron chi connectivity index (χ3n) is 4.90. The predicted molar refractivity (Wildman–Crippen MR) is 115 cm³/mol. The summed E-state index contributed by atoms with van der Waals surface area (Å²) >= 11 is 5.88. The molecule has 0 bridgehead atoms. The summed E-state index contributed by atoms with van der Waals surface area (Å²) in [6.45, 7) is 0.354. The van der Waals surface area contributed by atoms with Crippen LogP contribution in [0.5, 0.6) is 0 Å². The molecule has 1 aliphatic rings. The zero-order valence-electron chi connectivity index (χ0n) is 15.8. The number of amides is 1. The minimum absolute atomic E-state index is 0.160. The Labute approximate surface area is 179 Å². The highest BCUT2D eigenvalue weighted by atomic mass is 35.5. The summed E-state index contributed by atoms with van der Waals surface area (Å²) in [6.07, 6.45) is 1.29. The number of nitrogens with one attached hydrogen (secondary N) is 1. The summed E-state index contributed by atoms with van der Waals surface area (Å²) in [5.74, 6) is -0.831. The van der Waals surface area contributed by atoms with Crippen molar-refractivity contribution in [3.05, 3.63) is 88.7 Å². The van der Waals surface area contributed by atoms with Crippen molar-refractivity contribution in [2.45, 2.75) is 17.7 Å². The number of nitrogens with zero attached hydrogens (tertiary/aromatic N) is 1. The minimum Gasteiger partial charge on any atom is -0.322 e. The van der Waals surface area contributed by atoms with Gasteiger partial charge in [-0.15, -0.1) is 0 Å². The predicted octanol–water partition coefficient (Wildman–Crippen LogP) is 4.87. The molecule has 1 heterocycles. The molecule has 3 aromatic carbocycles. The smallest absolute Gasteiger partial charge is 0.264 e. The third kappa shape index (κ3) is 4.04. The van der Waals surface area contributed by atoms with Gasteiger partial charge >= 0.3 is 0 Å². The van der Waals surface area contributed by atoms with E-state index in [-0.39, 0.29) is 10.8 Å². The standard InChI is InChI=1S/C22H18ClFN2O3S/c23-17-7-9-20(10-8-17)30(28,29)26-12-2-3-15-13-16(6-11-21(15)26)22(27)25-19-5-1-4-18(24)14-19/h1,4-11,13-14H,2-3,12H2,(H,25,27). The number of hydrogen-bond acceptors (Lipinski definition) is 3. The van der Waals surface area contributed by atoms with Crippen molar-refractivity contribution in [2.24, 2.45) is 0 Å². The Bertz CT molecular complexity index is 1210. The number of benzene rings is 3. The molecule has 1 N–H and O–H groups in total. The molecular weight excluding hydrogens is 427 g/mol. The van der Waals surface area contributed by atoms with Gasteiger partial charge in [0.25, 0.3) is 15.9 Å². The average molecular weight is 445 g/mol. The van der Waals surface area contributed by atoms with E-state index in [1.54, 1.807) is 36.4 Å². The lowest BCUT2D eigenvalue weighted by atomic mass is 10.0. The van der Waals surface area contributed by atoms with Crippen LogP contribution < -0.4 is 9.62 Å². The second-order valence-electron chi connectivity index (χ2n) is 6.94. The van der Waals surface area contributed by atoms with Gasteiger partial charge in [-0.25, -0.2) is 12.8 Å². The van der Waals surface area contributed by atoms with Crippen LogP contribution in [0.1, 0.15) is 22.3 Å². The third-order valence-corrected chi connectivity index (χ3v) is 6.98. The van der Waals surface area contributed by atoms with Crippen molar-refractivity contribution in [3.8, 4) is 0 Å². The highest BCUT2D eigenvalue weighted by molar-refractivity contribution is 7.92. The van der Waals surface area contributed by atoms with E-state index >= 15 is 0 Å². The van der Waals surface area contributed by atoms with E-state index in [0.29, 0.717) is 41.3 Å². The van der Waals surface area contributed by atoms with Crippen LogP contribution >= 0.6 is 11.6 Å². The molecule has 30 heavy (non-hydrogen) atoms. The molecule has 8 heteroatoms. The van der Waals surface area contributed by atoms with Crippen molar-refractivity contribution in [1.82, 2.24) is 0 Å². The van der Waals surface area contributed by atoms with Crippen LogP contribution in [0.3, 0.4) is 0 Å². The maximum Gasteiger partial charge on any atom is 0.264 e.